The summed E-state index contributed by atoms with van der Waals surface area (Å²) in [5, 5.41) is 10.3. The van der Waals surface area contributed by atoms with Crippen molar-refractivity contribution in [3.05, 3.63) is 54.1 Å². The third kappa shape index (κ3) is 4.89. The first-order chi connectivity index (χ1) is 12.3. The van der Waals surface area contributed by atoms with E-state index in [9.17, 15) is 5.11 Å². The standard InChI is InChI=1S/C21H26O4/c1-2-3-4-10-19(22)16-8-7-9-17(13-16)23-14-18-15-24-20-11-5-6-12-21(20)25-18/h5-9,11-13,18-19,22H,2-4,10,14-15H2,1H3. The SMILES string of the molecule is CCCCCC(O)c1cccc(OCC2COc3ccccc3O2)c1. The molecule has 1 heterocycles. The number of unbranched alkanes of at least 4 members (excludes halogenated alkanes) is 2. The molecule has 1 aliphatic heterocycles. The maximum atomic E-state index is 10.3. The minimum absolute atomic E-state index is 0.145. The Morgan fingerprint density at radius 1 is 1.12 bits per heavy atom. The topological polar surface area (TPSA) is 47.9 Å². The number of aliphatic hydroxyl groups excluding tert-OH is 1. The van der Waals surface area contributed by atoms with Gasteiger partial charge in [-0.25, -0.2) is 0 Å². The van der Waals surface area contributed by atoms with Gasteiger partial charge in [0.25, 0.3) is 0 Å². The molecule has 0 aromatic heterocycles. The molecule has 4 nitrogen and oxygen atoms in total. The Balaban J connectivity index is 1.53. The van der Waals surface area contributed by atoms with Crippen LogP contribution < -0.4 is 14.2 Å². The van der Waals surface area contributed by atoms with Gasteiger partial charge in [-0.2, -0.15) is 0 Å². The van der Waals surface area contributed by atoms with Crippen molar-refractivity contribution in [1.29, 1.82) is 0 Å². The van der Waals surface area contributed by atoms with Gasteiger partial charge in [0.05, 0.1) is 6.10 Å². The second-order valence-electron chi connectivity index (χ2n) is 6.39. The van der Waals surface area contributed by atoms with Gasteiger partial charge in [-0.3, -0.25) is 0 Å². The second-order valence-corrected chi connectivity index (χ2v) is 6.39. The van der Waals surface area contributed by atoms with Crippen LogP contribution in [0.2, 0.25) is 0 Å². The molecule has 134 valence electrons. The van der Waals surface area contributed by atoms with E-state index >= 15 is 0 Å². The van der Waals surface area contributed by atoms with Gasteiger partial charge >= 0.3 is 0 Å². The van der Waals surface area contributed by atoms with E-state index in [4.69, 9.17) is 14.2 Å². The van der Waals surface area contributed by atoms with E-state index in [1.165, 1.54) is 0 Å². The lowest BCUT2D eigenvalue weighted by Crippen LogP contribution is -2.34. The molecule has 1 N–H and O–H groups in total. The Kier molecular flexibility index (Phi) is 6.18. The van der Waals surface area contributed by atoms with Gasteiger partial charge in [-0.1, -0.05) is 50.5 Å². The molecule has 4 heteroatoms. The summed E-state index contributed by atoms with van der Waals surface area (Å²) in [5.41, 5.74) is 0.903. The highest BCUT2D eigenvalue weighted by Gasteiger charge is 2.21. The lowest BCUT2D eigenvalue weighted by molar-refractivity contribution is 0.0534. The Morgan fingerprint density at radius 3 is 2.80 bits per heavy atom. The molecule has 0 saturated heterocycles. The molecule has 0 saturated carbocycles. The van der Waals surface area contributed by atoms with E-state index in [0.29, 0.717) is 13.2 Å². The first-order valence-corrected chi connectivity index (χ1v) is 9.05. The fourth-order valence-electron chi connectivity index (χ4n) is 2.90. The number of hydrogen-bond acceptors (Lipinski definition) is 4. The number of aliphatic hydroxyl groups is 1. The molecular weight excluding hydrogens is 316 g/mol. The first-order valence-electron chi connectivity index (χ1n) is 9.05. The van der Waals surface area contributed by atoms with Crippen LogP contribution in [0.25, 0.3) is 0 Å². The van der Waals surface area contributed by atoms with E-state index in [0.717, 1.165) is 48.5 Å². The average Bonchev–Trinajstić information content (AvgIpc) is 2.66. The molecule has 2 unspecified atom stereocenters. The normalized spacial score (nSPS) is 17.1. The monoisotopic (exact) mass is 342 g/mol. The van der Waals surface area contributed by atoms with Crippen molar-refractivity contribution in [3.8, 4) is 17.2 Å². The van der Waals surface area contributed by atoms with Crippen LogP contribution in [0.1, 0.15) is 44.3 Å². The third-order valence-corrected chi connectivity index (χ3v) is 4.33. The van der Waals surface area contributed by atoms with Crippen LogP contribution in [-0.2, 0) is 0 Å². The summed E-state index contributed by atoms with van der Waals surface area (Å²) in [6.45, 7) is 3.04. The van der Waals surface area contributed by atoms with Gasteiger partial charge in [0.2, 0.25) is 0 Å². The zero-order valence-electron chi connectivity index (χ0n) is 14.7. The smallest absolute Gasteiger partial charge is 0.166 e. The molecule has 2 aromatic rings. The summed E-state index contributed by atoms with van der Waals surface area (Å²) in [6, 6.07) is 15.3. The van der Waals surface area contributed by atoms with Crippen molar-refractivity contribution in [2.24, 2.45) is 0 Å². The quantitative estimate of drug-likeness (QED) is 0.717. The largest absolute Gasteiger partial charge is 0.490 e. The van der Waals surface area contributed by atoms with Gasteiger partial charge in [-0.15, -0.1) is 0 Å². The predicted molar refractivity (Wildman–Crippen MR) is 97.4 cm³/mol. The van der Waals surface area contributed by atoms with Crippen molar-refractivity contribution in [2.45, 2.75) is 44.8 Å². The molecule has 0 bridgehead atoms. The molecule has 25 heavy (non-hydrogen) atoms. The van der Waals surface area contributed by atoms with Crippen LogP contribution in [0.3, 0.4) is 0 Å². The summed E-state index contributed by atoms with van der Waals surface area (Å²) >= 11 is 0. The second kappa shape index (κ2) is 8.77. The lowest BCUT2D eigenvalue weighted by atomic mass is 10.0. The number of rotatable bonds is 8. The van der Waals surface area contributed by atoms with Gasteiger partial charge in [-0.05, 0) is 36.2 Å². The van der Waals surface area contributed by atoms with Crippen LogP contribution in [0, 0.1) is 0 Å². The molecular formula is C21H26O4. The zero-order valence-corrected chi connectivity index (χ0v) is 14.7. The molecule has 0 aliphatic carbocycles. The Morgan fingerprint density at radius 2 is 1.96 bits per heavy atom. The van der Waals surface area contributed by atoms with E-state index in [2.05, 4.69) is 6.92 Å². The van der Waals surface area contributed by atoms with Gasteiger partial charge in [0, 0.05) is 0 Å². The molecule has 0 spiro atoms. The van der Waals surface area contributed by atoms with Crippen LogP contribution in [-0.4, -0.2) is 24.4 Å². The highest BCUT2D eigenvalue weighted by molar-refractivity contribution is 5.40. The van der Waals surface area contributed by atoms with E-state index in [1.807, 2.05) is 48.5 Å². The van der Waals surface area contributed by atoms with Gasteiger partial charge in [0.15, 0.2) is 17.6 Å². The summed E-state index contributed by atoms with van der Waals surface area (Å²) in [4.78, 5) is 0. The fraction of sp³-hybridized carbons (Fsp3) is 0.429. The van der Waals surface area contributed by atoms with Crippen molar-refractivity contribution in [2.75, 3.05) is 13.2 Å². The molecule has 0 radical (unpaired) electrons. The van der Waals surface area contributed by atoms with Crippen LogP contribution in [0.15, 0.2) is 48.5 Å². The van der Waals surface area contributed by atoms with Crippen LogP contribution >= 0.6 is 0 Å². The number of para-hydroxylation sites is 2. The average molecular weight is 342 g/mol. The highest BCUT2D eigenvalue weighted by atomic mass is 16.6. The number of ether oxygens (including phenoxy) is 3. The van der Waals surface area contributed by atoms with Crippen LogP contribution in [0.4, 0.5) is 0 Å². The lowest BCUT2D eigenvalue weighted by Gasteiger charge is -2.26. The Labute approximate surface area is 149 Å². The van der Waals surface area contributed by atoms with Gasteiger partial charge < -0.3 is 19.3 Å². The van der Waals surface area contributed by atoms with Crippen LogP contribution in [0.5, 0.6) is 17.2 Å². The third-order valence-electron chi connectivity index (χ3n) is 4.33. The molecule has 3 rings (SSSR count). The minimum Gasteiger partial charge on any atom is -0.490 e. The highest BCUT2D eigenvalue weighted by Crippen LogP contribution is 2.31. The number of benzene rings is 2. The maximum absolute atomic E-state index is 10.3. The molecule has 0 amide bonds. The number of hydrogen-bond donors (Lipinski definition) is 1. The molecule has 2 aromatic carbocycles. The number of fused-ring (bicyclic) bond motifs is 1. The Bertz CT molecular complexity index is 670. The van der Waals surface area contributed by atoms with Crippen molar-refractivity contribution in [1.82, 2.24) is 0 Å². The molecule has 1 aliphatic rings. The van der Waals surface area contributed by atoms with E-state index in [1.54, 1.807) is 0 Å². The Hall–Kier alpha value is -2.20. The van der Waals surface area contributed by atoms with Gasteiger partial charge in [0.1, 0.15) is 19.0 Å². The summed E-state index contributed by atoms with van der Waals surface area (Å²) in [5.74, 6) is 2.27. The zero-order chi connectivity index (χ0) is 17.5. The summed E-state index contributed by atoms with van der Waals surface area (Å²) in [7, 11) is 0. The minimum atomic E-state index is -0.434. The van der Waals surface area contributed by atoms with Crippen molar-refractivity contribution in [3.63, 3.8) is 0 Å². The molecule has 2 atom stereocenters. The molecule has 0 fully saturated rings. The summed E-state index contributed by atoms with van der Waals surface area (Å²) < 4.78 is 17.5. The summed E-state index contributed by atoms with van der Waals surface area (Å²) in [6.07, 6.45) is 3.54. The predicted octanol–water partition coefficient (Wildman–Crippen LogP) is 4.52. The van der Waals surface area contributed by atoms with Crippen molar-refractivity contribution < 1.29 is 19.3 Å². The fourth-order valence-corrected chi connectivity index (χ4v) is 2.90. The maximum Gasteiger partial charge on any atom is 0.166 e. The van der Waals surface area contributed by atoms with E-state index < -0.39 is 6.10 Å². The van der Waals surface area contributed by atoms with Crippen molar-refractivity contribution >= 4 is 0 Å². The first kappa shape index (κ1) is 17.6. The van der Waals surface area contributed by atoms with E-state index in [-0.39, 0.29) is 6.10 Å².